The van der Waals surface area contributed by atoms with Crippen molar-refractivity contribution in [2.45, 2.75) is 12.8 Å². The maximum Gasteiger partial charge on any atom is 0.224 e. The SMILES string of the molecule is Cl.O=C(Cc1cc(Cl)c2c(c1)OCCO2)NCC1=CCNCC1. The van der Waals surface area contributed by atoms with Crippen molar-refractivity contribution in [2.24, 2.45) is 0 Å². The van der Waals surface area contributed by atoms with Crippen LogP contribution >= 0.6 is 24.0 Å². The number of hydrogen-bond donors (Lipinski definition) is 2. The van der Waals surface area contributed by atoms with Crippen LogP contribution in [0.15, 0.2) is 23.8 Å². The summed E-state index contributed by atoms with van der Waals surface area (Å²) in [6.45, 7) is 3.46. The zero-order chi connectivity index (χ0) is 15.4. The van der Waals surface area contributed by atoms with Crippen molar-refractivity contribution in [1.29, 1.82) is 0 Å². The minimum atomic E-state index is -0.0211. The molecule has 0 saturated carbocycles. The van der Waals surface area contributed by atoms with E-state index in [1.165, 1.54) is 5.57 Å². The molecule has 2 aliphatic heterocycles. The van der Waals surface area contributed by atoms with Crippen molar-refractivity contribution in [3.63, 3.8) is 0 Å². The summed E-state index contributed by atoms with van der Waals surface area (Å²) in [4.78, 5) is 12.1. The molecule has 0 fully saturated rings. The number of amides is 1. The second-order valence-corrected chi connectivity index (χ2v) is 5.78. The lowest BCUT2D eigenvalue weighted by atomic mass is 10.1. The van der Waals surface area contributed by atoms with Gasteiger partial charge in [0, 0.05) is 13.1 Å². The lowest BCUT2D eigenvalue weighted by Crippen LogP contribution is -2.30. The summed E-state index contributed by atoms with van der Waals surface area (Å²) in [6.07, 6.45) is 3.39. The molecule has 0 aliphatic carbocycles. The predicted molar refractivity (Wildman–Crippen MR) is 92.0 cm³/mol. The first kappa shape index (κ1) is 17.9. The van der Waals surface area contributed by atoms with Crippen molar-refractivity contribution in [2.75, 3.05) is 32.8 Å². The smallest absolute Gasteiger partial charge is 0.224 e. The standard InChI is InChI=1S/C16H19ClN2O3.ClH/c17-13-7-12(8-14-16(13)22-6-5-21-14)9-15(20)19-10-11-1-3-18-4-2-11;/h1,7-8,18H,2-6,9-10H2,(H,19,20);1H. The predicted octanol–water partition coefficient (Wildman–Crippen LogP) is 2.11. The van der Waals surface area contributed by atoms with Gasteiger partial charge in [0.25, 0.3) is 0 Å². The average molecular weight is 359 g/mol. The molecule has 0 spiro atoms. The summed E-state index contributed by atoms with van der Waals surface area (Å²) >= 11 is 6.18. The Morgan fingerprint density at radius 3 is 2.91 bits per heavy atom. The molecule has 0 atom stereocenters. The number of carbonyl (C=O) groups is 1. The van der Waals surface area contributed by atoms with Gasteiger partial charge in [-0.05, 0) is 30.7 Å². The van der Waals surface area contributed by atoms with Gasteiger partial charge in [0.15, 0.2) is 11.5 Å². The second kappa shape index (κ2) is 8.43. The van der Waals surface area contributed by atoms with Crippen LogP contribution in [0.25, 0.3) is 0 Å². The molecule has 1 aromatic carbocycles. The van der Waals surface area contributed by atoms with Gasteiger partial charge >= 0.3 is 0 Å². The second-order valence-electron chi connectivity index (χ2n) is 5.37. The summed E-state index contributed by atoms with van der Waals surface area (Å²) in [5.74, 6) is 1.16. The van der Waals surface area contributed by atoms with Crippen molar-refractivity contribution < 1.29 is 14.3 Å². The van der Waals surface area contributed by atoms with Crippen LogP contribution in [-0.2, 0) is 11.2 Å². The molecule has 5 nitrogen and oxygen atoms in total. The molecule has 0 radical (unpaired) electrons. The highest BCUT2D eigenvalue weighted by molar-refractivity contribution is 6.32. The summed E-state index contributed by atoms with van der Waals surface area (Å²) in [7, 11) is 0. The molecule has 0 bridgehead atoms. The largest absolute Gasteiger partial charge is 0.486 e. The number of rotatable bonds is 4. The number of fused-ring (bicyclic) bond motifs is 1. The molecule has 7 heteroatoms. The van der Waals surface area contributed by atoms with Crippen LogP contribution in [0.5, 0.6) is 11.5 Å². The Balaban J connectivity index is 0.00000192. The number of carbonyl (C=O) groups excluding carboxylic acids is 1. The topological polar surface area (TPSA) is 59.6 Å². The number of nitrogens with one attached hydrogen (secondary N) is 2. The molecule has 2 heterocycles. The van der Waals surface area contributed by atoms with Crippen LogP contribution in [-0.4, -0.2) is 38.8 Å². The Morgan fingerprint density at radius 1 is 1.30 bits per heavy atom. The lowest BCUT2D eigenvalue weighted by molar-refractivity contribution is -0.120. The Hall–Kier alpha value is -1.43. The molecule has 1 amide bonds. The highest BCUT2D eigenvalue weighted by atomic mass is 35.5. The molecule has 1 aromatic rings. The fraction of sp³-hybridized carbons (Fsp3) is 0.438. The Morgan fingerprint density at radius 2 is 2.13 bits per heavy atom. The molecule has 3 rings (SSSR count). The molecular weight excluding hydrogens is 339 g/mol. The van der Waals surface area contributed by atoms with E-state index >= 15 is 0 Å². The van der Waals surface area contributed by atoms with Gasteiger partial charge in [0.2, 0.25) is 5.91 Å². The monoisotopic (exact) mass is 358 g/mol. The van der Waals surface area contributed by atoms with E-state index < -0.39 is 0 Å². The van der Waals surface area contributed by atoms with Crippen LogP contribution < -0.4 is 20.1 Å². The van der Waals surface area contributed by atoms with Crippen molar-refractivity contribution in [1.82, 2.24) is 10.6 Å². The van der Waals surface area contributed by atoms with Crippen LogP contribution in [0.2, 0.25) is 5.02 Å². The van der Waals surface area contributed by atoms with Gasteiger partial charge in [-0.15, -0.1) is 12.4 Å². The van der Waals surface area contributed by atoms with Crippen LogP contribution in [0.4, 0.5) is 0 Å². The number of halogens is 2. The Labute approximate surface area is 146 Å². The molecule has 126 valence electrons. The first-order chi connectivity index (χ1) is 10.7. The molecule has 0 aromatic heterocycles. The van der Waals surface area contributed by atoms with Gasteiger partial charge in [-0.2, -0.15) is 0 Å². The summed E-state index contributed by atoms with van der Waals surface area (Å²) < 4.78 is 11.0. The third-order valence-corrected chi connectivity index (χ3v) is 3.97. The lowest BCUT2D eigenvalue weighted by Gasteiger charge is -2.20. The van der Waals surface area contributed by atoms with E-state index in [0.717, 1.165) is 25.1 Å². The quantitative estimate of drug-likeness (QED) is 0.809. The van der Waals surface area contributed by atoms with Crippen LogP contribution in [0.1, 0.15) is 12.0 Å². The molecule has 2 aliphatic rings. The van der Waals surface area contributed by atoms with Gasteiger partial charge in [-0.3, -0.25) is 4.79 Å². The van der Waals surface area contributed by atoms with Gasteiger partial charge in [-0.1, -0.05) is 23.3 Å². The molecule has 0 unspecified atom stereocenters. The van der Waals surface area contributed by atoms with E-state index in [2.05, 4.69) is 16.7 Å². The van der Waals surface area contributed by atoms with E-state index in [0.29, 0.717) is 36.3 Å². The van der Waals surface area contributed by atoms with Gasteiger partial charge in [-0.25, -0.2) is 0 Å². The summed E-state index contributed by atoms with van der Waals surface area (Å²) in [6, 6.07) is 3.59. The fourth-order valence-corrected chi connectivity index (χ4v) is 2.84. The maximum atomic E-state index is 12.1. The minimum Gasteiger partial charge on any atom is -0.486 e. The normalized spacial score (nSPS) is 16.1. The first-order valence-corrected chi connectivity index (χ1v) is 7.83. The minimum absolute atomic E-state index is 0. The zero-order valence-electron chi connectivity index (χ0n) is 12.7. The molecule has 23 heavy (non-hydrogen) atoms. The van der Waals surface area contributed by atoms with Gasteiger partial charge < -0.3 is 20.1 Å². The van der Waals surface area contributed by atoms with Gasteiger partial charge in [0.05, 0.1) is 11.4 Å². The van der Waals surface area contributed by atoms with E-state index in [1.807, 2.05) is 6.07 Å². The molecule has 2 N–H and O–H groups in total. The zero-order valence-corrected chi connectivity index (χ0v) is 14.3. The highest BCUT2D eigenvalue weighted by Crippen LogP contribution is 2.38. The number of hydrogen-bond acceptors (Lipinski definition) is 4. The van der Waals surface area contributed by atoms with Crippen molar-refractivity contribution >= 4 is 29.9 Å². The average Bonchev–Trinajstić information content (AvgIpc) is 2.54. The van der Waals surface area contributed by atoms with Crippen molar-refractivity contribution in [3.8, 4) is 11.5 Å². The fourth-order valence-electron chi connectivity index (χ4n) is 2.56. The number of benzene rings is 1. The van der Waals surface area contributed by atoms with Crippen LogP contribution in [0.3, 0.4) is 0 Å². The summed E-state index contributed by atoms with van der Waals surface area (Å²) in [5, 5.41) is 6.69. The van der Waals surface area contributed by atoms with Crippen molar-refractivity contribution in [3.05, 3.63) is 34.4 Å². The maximum absolute atomic E-state index is 12.1. The first-order valence-electron chi connectivity index (χ1n) is 7.46. The van der Waals surface area contributed by atoms with Gasteiger partial charge in [0.1, 0.15) is 13.2 Å². The molecular formula is C16H20Cl2N2O3. The Bertz CT molecular complexity index is 605. The van der Waals surface area contributed by atoms with E-state index in [1.54, 1.807) is 6.07 Å². The Kier molecular flexibility index (Phi) is 6.57. The third-order valence-electron chi connectivity index (χ3n) is 3.69. The van der Waals surface area contributed by atoms with E-state index in [4.69, 9.17) is 21.1 Å². The summed E-state index contributed by atoms with van der Waals surface area (Å²) in [5.41, 5.74) is 2.10. The molecule has 0 saturated heterocycles. The third kappa shape index (κ3) is 4.77. The van der Waals surface area contributed by atoms with Crippen LogP contribution in [0, 0.1) is 0 Å². The van der Waals surface area contributed by atoms with E-state index in [-0.39, 0.29) is 24.7 Å². The number of ether oxygens (including phenoxy) is 2. The van der Waals surface area contributed by atoms with E-state index in [9.17, 15) is 4.79 Å². The highest BCUT2D eigenvalue weighted by Gasteiger charge is 2.17.